The fourth-order valence-electron chi connectivity index (χ4n) is 2.04. The van der Waals surface area contributed by atoms with Gasteiger partial charge in [-0.05, 0) is 30.4 Å². The molecule has 1 aromatic carbocycles. The van der Waals surface area contributed by atoms with E-state index < -0.39 is 0 Å². The van der Waals surface area contributed by atoms with Gasteiger partial charge in [0.15, 0.2) is 0 Å². The smallest absolute Gasteiger partial charge is 0.203 e. The van der Waals surface area contributed by atoms with Crippen molar-refractivity contribution in [1.82, 2.24) is 4.57 Å². The average Bonchev–Trinajstić information content (AvgIpc) is 2.72. The molecule has 2 aromatic rings. The molecule has 90 valence electrons. The topological polar surface area (TPSA) is 48.1 Å². The average molecular weight is 232 g/mol. The molecule has 2 rings (SSSR count). The van der Waals surface area contributed by atoms with E-state index in [4.69, 9.17) is 0 Å². The monoisotopic (exact) mass is 232 g/mol. The molecule has 0 atom stereocenters. The van der Waals surface area contributed by atoms with E-state index in [2.05, 4.69) is 29.0 Å². The van der Waals surface area contributed by atoms with Crippen LogP contribution in [0.3, 0.4) is 0 Å². The molecule has 4 heteroatoms. The lowest BCUT2D eigenvalue weighted by atomic mass is 10.2. The van der Waals surface area contributed by atoms with E-state index in [1.807, 2.05) is 12.1 Å². The van der Waals surface area contributed by atoms with Crippen LogP contribution < -0.4 is 0 Å². The lowest BCUT2D eigenvalue weighted by molar-refractivity contribution is -0.480. The number of hydrogen-bond acceptors (Lipinski definition) is 2. The van der Waals surface area contributed by atoms with Gasteiger partial charge in [-0.15, -0.1) is 0 Å². The van der Waals surface area contributed by atoms with Crippen molar-refractivity contribution in [2.24, 2.45) is 0 Å². The maximum Gasteiger partial charge on any atom is 0.203 e. The van der Waals surface area contributed by atoms with Crippen molar-refractivity contribution < 1.29 is 4.92 Å². The minimum Gasteiger partial charge on any atom is -0.347 e. The third-order valence-electron chi connectivity index (χ3n) is 2.92. The molecule has 0 fully saturated rings. The minimum absolute atomic E-state index is 0.0897. The van der Waals surface area contributed by atoms with E-state index in [9.17, 15) is 10.1 Å². The summed E-state index contributed by atoms with van der Waals surface area (Å²) >= 11 is 0. The second kappa shape index (κ2) is 5.48. The number of nitro groups is 1. The SMILES string of the molecule is O=[N+]([O-])CCCCCn1ccc2ccccc21. The Bertz CT molecular complexity index is 505. The number of fused-ring (bicyclic) bond motifs is 1. The summed E-state index contributed by atoms with van der Waals surface area (Å²) in [6, 6.07) is 10.4. The third kappa shape index (κ3) is 3.06. The predicted molar refractivity (Wildman–Crippen MR) is 67.7 cm³/mol. The summed E-state index contributed by atoms with van der Waals surface area (Å²) in [5.74, 6) is 0. The number of hydrogen-bond donors (Lipinski definition) is 0. The number of nitrogens with zero attached hydrogens (tertiary/aromatic N) is 2. The van der Waals surface area contributed by atoms with Gasteiger partial charge in [0.1, 0.15) is 0 Å². The van der Waals surface area contributed by atoms with Crippen LogP contribution >= 0.6 is 0 Å². The maximum absolute atomic E-state index is 10.2. The number of unbranched alkanes of at least 4 members (excludes halogenated alkanes) is 2. The van der Waals surface area contributed by atoms with E-state index in [-0.39, 0.29) is 11.5 Å². The van der Waals surface area contributed by atoms with Crippen molar-refractivity contribution in [3.63, 3.8) is 0 Å². The van der Waals surface area contributed by atoms with E-state index in [0.717, 1.165) is 19.4 Å². The zero-order chi connectivity index (χ0) is 12.1. The summed E-state index contributed by atoms with van der Waals surface area (Å²) in [5.41, 5.74) is 1.24. The highest BCUT2D eigenvalue weighted by Gasteiger charge is 2.00. The first-order valence-corrected chi connectivity index (χ1v) is 5.93. The predicted octanol–water partition coefficient (Wildman–Crippen LogP) is 3.09. The molecule has 0 aliphatic rings. The van der Waals surface area contributed by atoms with Gasteiger partial charge in [0.2, 0.25) is 6.54 Å². The fraction of sp³-hybridized carbons (Fsp3) is 0.385. The molecule has 0 saturated carbocycles. The Kier molecular flexibility index (Phi) is 3.75. The Morgan fingerprint density at radius 1 is 1.12 bits per heavy atom. The Balaban J connectivity index is 1.85. The van der Waals surface area contributed by atoms with Crippen LogP contribution in [-0.4, -0.2) is 16.0 Å². The molecule has 4 nitrogen and oxygen atoms in total. The Labute approximate surface area is 100 Å². The van der Waals surface area contributed by atoms with Crippen LogP contribution in [0.15, 0.2) is 36.5 Å². The quantitative estimate of drug-likeness (QED) is 0.436. The van der Waals surface area contributed by atoms with Crippen molar-refractivity contribution in [1.29, 1.82) is 0 Å². The van der Waals surface area contributed by atoms with Crippen LogP contribution in [0.5, 0.6) is 0 Å². The van der Waals surface area contributed by atoms with Crippen molar-refractivity contribution in [3.8, 4) is 0 Å². The normalized spacial score (nSPS) is 10.8. The molecule has 0 N–H and O–H groups in total. The third-order valence-corrected chi connectivity index (χ3v) is 2.92. The summed E-state index contributed by atoms with van der Waals surface area (Å²) in [6.07, 6.45) is 4.66. The number of aryl methyl sites for hydroxylation is 1. The lowest BCUT2D eigenvalue weighted by Gasteiger charge is -2.04. The van der Waals surface area contributed by atoms with Gasteiger partial charge in [0.25, 0.3) is 0 Å². The molecule has 1 heterocycles. The van der Waals surface area contributed by atoms with Gasteiger partial charge in [-0.3, -0.25) is 10.1 Å². The van der Waals surface area contributed by atoms with Gasteiger partial charge in [0, 0.05) is 29.6 Å². The molecule has 0 unspecified atom stereocenters. The van der Waals surface area contributed by atoms with Gasteiger partial charge in [0.05, 0.1) is 0 Å². The fourth-order valence-corrected chi connectivity index (χ4v) is 2.04. The minimum atomic E-state index is -0.245. The van der Waals surface area contributed by atoms with Gasteiger partial charge in [-0.25, -0.2) is 0 Å². The van der Waals surface area contributed by atoms with Gasteiger partial charge in [-0.2, -0.15) is 0 Å². The van der Waals surface area contributed by atoms with E-state index in [1.165, 1.54) is 10.9 Å². The van der Waals surface area contributed by atoms with Crippen molar-refractivity contribution in [2.75, 3.05) is 6.54 Å². The van der Waals surface area contributed by atoms with Crippen LogP contribution in [-0.2, 0) is 6.54 Å². The van der Waals surface area contributed by atoms with E-state index in [1.54, 1.807) is 0 Å². The number of benzene rings is 1. The van der Waals surface area contributed by atoms with Crippen LogP contribution in [0.1, 0.15) is 19.3 Å². The molecule has 0 spiro atoms. The first-order chi connectivity index (χ1) is 8.27. The second-order valence-corrected chi connectivity index (χ2v) is 4.18. The van der Waals surface area contributed by atoms with Crippen LogP contribution in [0.2, 0.25) is 0 Å². The van der Waals surface area contributed by atoms with Crippen molar-refractivity contribution >= 4 is 10.9 Å². The second-order valence-electron chi connectivity index (χ2n) is 4.18. The number of rotatable bonds is 6. The molecule has 0 bridgehead atoms. The molecular formula is C13H16N2O2. The summed E-state index contributed by atoms with van der Waals surface area (Å²) in [7, 11) is 0. The zero-order valence-electron chi connectivity index (χ0n) is 9.71. The summed E-state index contributed by atoms with van der Waals surface area (Å²) in [4.78, 5) is 9.92. The van der Waals surface area contributed by atoms with Crippen LogP contribution in [0.25, 0.3) is 10.9 Å². The number of aromatic nitrogens is 1. The molecular weight excluding hydrogens is 216 g/mol. The summed E-state index contributed by atoms with van der Waals surface area (Å²) in [6.45, 7) is 1.03. The summed E-state index contributed by atoms with van der Waals surface area (Å²) in [5, 5.41) is 11.4. The van der Waals surface area contributed by atoms with Crippen LogP contribution in [0, 0.1) is 10.1 Å². The van der Waals surface area contributed by atoms with Gasteiger partial charge >= 0.3 is 0 Å². The molecule has 1 aromatic heterocycles. The molecule has 17 heavy (non-hydrogen) atoms. The molecule has 0 aliphatic carbocycles. The van der Waals surface area contributed by atoms with Gasteiger partial charge in [-0.1, -0.05) is 18.2 Å². The van der Waals surface area contributed by atoms with Crippen molar-refractivity contribution in [2.45, 2.75) is 25.8 Å². The molecule has 0 saturated heterocycles. The first kappa shape index (κ1) is 11.6. The largest absolute Gasteiger partial charge is 0.347 e. The highest BCUT2D eigenvalue weighted by Crippen LogP contribution is 2.15. The first-order valence-electron chi connectivity index (χ1n) is 5.93. The Morgan fingerprint density at radius 3 is 2.76 bits per heavy atom. The maximum atomic E-state index is 10.2. The molecule has 0 amide bonds. The highest BCUT2D eigenvalue weighted by atomic mass is 16.6. The van der Waals surface area contributed by atoms with Crippen LogP contribution in [0.4, 0.5) is 0 Å². The van der Waals surface area contributed by atoms with E-state index in [0.29, 0.717) is 6.42 Å². The standard InChI is InChI=1S/C13H16N2O2/c16-15(17)10-5-1-4-9-14-11-8-12-6-2-3-7-13(12)14/h2-3,6-8,11H,1,4-5,9-10H2. The van der Waals surface area contributed by atoms with E-state index >= 15 is 0 Å². The van der Waals surface area contributed by atoms with Gasteiger partial charge < -0.3 is 4.57 Å². The number of para-hydroxylation sites is 1. The molecule has 0 radical (unpaired) electrons. The highest BCUT2D eigenvalue weighted by molar-refractivity contribution is 5.79. The molecule has 0 aliphatic heterocycles. The Morgan fingerprint density at radius 2 is 1.94 bits per heavy atom. The lowest BCUT2D eigenvalue weighted by Crippen LogP contribution is -2.01. The zero-order valence-corrected chi connectivity index (χ0v) is 9.71. The van der Waals surface area contributed by atoms with Crippen molar-refractivity contribution in [3.05, 3.63) is 46.6 Å². The summed E-state index contributed by atoms with van der Waals surface area (Å²) < 4.78 is 2.21. The Hall–Kier alpha value is -1.84.